The molecule has 1 aromatic carbocycles. The van der Waals surface area contributed by atoms with Crippen LogP contribution in [-0.2, 0) is 0 Å². The van der Waals surface area contributed by atoms with Crippen LogP contribution in [0.3, 0.4) is 0 Å². The highest BCUT2D eigenvalue weighted by molar-refractivity contribution is 5.56. The molecule has 1 aromatic rings. The molecule has 0 spiro atoms. The van der Waals surface area contributed by atoms with Crippen molar-refractivity contribution < 1.29 is 0 Å². The van der Waals surface area contributed by atoms with E-state index in [-0.39, 0.29) is 0 Å². The van der Waals surface area contributed by atoms with Gasteiger partial charge in [0, 0.05) is 11.7 Å². The number of rotatable bonds is 3. The Labute approximate surface area is 121 Å². The predicted molar refractivity (Wildman–Crippen MR) is 80.1 cm³/mol. The number of nitrogens with zero attached hydrogens (tertiary/aromatic N) is 2. The second-order valence-electron chi connectivity index (χ2n) is 5.61. The van der Waals surface area contributed by atoms with Crippen molar-refractivity contribution in [2.75, 3.05) is 5.32 Å². The molecule has 3 heteroatoms. The second-order valence-corrected chi connectivity index (χ2v) is 5.61. The maximum Gasteiger partial charge on any atom is 0.101 e. The molecule has 2 rings (SSSR count). The monoisotopic (exact) mass is 267 g/mol. The molecule has 0 saturated heterocycles. The van der Waals surface area contributed by atoms with Crippen LogP contribution in [0.4, 0.5) is 5.69 Å². The lowest BCUT2D eigenvalue weighted by Gasteiger charge is -2.18. The molecule has 1 aliphatic rings. The second kappa shape index (κ2) is 6.96. The summed E-state index contributed by atoms with van der Waals surface area (Å²) in [6.45, 7) is 2.28. The summed E-state index contributed by atoms with van der Waals surface area (Å²) in [6.07, 6.45) is 7.57. The van der Waals surface area contributed by atoms with Crippen LogP contribution < -0.4 is 5.32 Å². The van der Waals surface area contributed by atoms with Crippen molar-refractivity contribution in [1.29, 1.82) is 10.5 Å². The Morgan fingerprint density at radius 3 is 2.60 bits per heavy atom. The van der Waals surface area contributed by atoms with Crippen molar-refractivity contribution in [3.8, 4) is 12.1 Å². The third-order valence-electron chi connectivity index (χ3n) is 4.30. The number of anilines is 1. The van der Waals surface area contributed by atoms with Gasteiger partial charge in [-0.2, -0.15) is 10.5 Å². The van der Waals surface area contributed by atoms with Gasteiger partial charge >= 0.3 is 0 Å². The van der Waals surface area contributed by atoms with E-state index in [2.05, 4.69) is 24.4 Å². The van der Waals surface area contributed by atoms with Gasteiger partial charge in [0.1, 0.15) is 12.1 Å². The average molecular weight is 267 g/mol. The summed E-state index contributed by atoms with van der Waals surface area (Å²) in [5, 5.41) is 21.5. The third kappa shape index (κ3) is 3.52. The van der Waals surface area contributed by atoms with E-state index in [4.69, 9.17) is 10.5 Å². The summed E-state index contributed by atoms with van der Waals surface area (Å²) in [5.74, 6) is 0.873. The summed E-state index contributed by atoms with van der Waals surface area (Å²) in [6, 6.07) is 10.1. The fraction of sp³-hybridized carbons (Fsp3) is 0.529. The van der Waals surface area contributed by atoms with Gasteiger partial charge in [-0.25, -0.2) is 0 Å². The predicted octanol–water partition coefficient (Wildman–Crippen LogP) is 4.20. The number of hydrogen-bond donors (Lipinski definition) is 1. The van der Waals surface area contributed by atoms with E-state index in [0.717, 1.165) is 11.6 Å². The molecule has 3 nitrogen and oxygen atoms in total. The molecule has 1 saturated carbocycles. The first-order valence-corrected chi connectivity index (χ1v) is 7.47. The quantitative estimate of drug-likeness (QED) is 0.835. The van der Waals surface area contributed by atoms with E-state index in [0.29, 0.717) is 17.2 Å². The van der Waals surface area contributed by atoms with E-state index in [1.165, 1.54) is 38.5 Å². The molecule has 0 bridgehead atoms. The molecule has 104 valence electrons. The Hall–Kier alpha value is -2.00. The smallest absolute Gasteiger partial charge is 0.101 e. The summed E-state index contributed by atoms with van der Waals surface area (Å²) >= 11 is 0. The number of nitriles is 2. The lowest BCUT2D eigenvalue weighted by Crippen LogP contribution is -2.18. The van der Waals surface area contributed by atoms with Crippen LogP contribution in [-0.4, -0.2) is 6.04 Å². The lowest BCUT2D eigenvalue weighted by atomic mass is 9.98. The minimum atomic E-state index is 0.449. The first-order valence-electron chi connectivity index (χ1n) is 7.47. The number of nitrogens with one attached hydrogen (secondary N) is 1. The van der Waals surface area contributed by atoms with E-state index in [9.17, 15) is 0 Å². The minimum Gasteiger partial charge on any atom is -0.382 e. The maximum absolute atomic E-state index is 9.06. The van der Waals surface area contributed by atoms with Crippen molar-refractivity contribution >= 4 is 5.69 Å². The molecule has 0 aliphatic heterocycles. The maximum atomic E-state index is 9.06. The molecule has 20 heavy (non-hydrogen) atoms. The Balaban J connectivity index is 2.03. The Morgan fingerprint density at radius 2 is 1.90 bits per heavy atom. The Morgan fingerprint density at radius 1 is 1.10 bits per heavy atom. The van der Waals surface area contributed by atoms with E-state index in [1.807, 2.05) is 6.07 Å². The normalized spacial score (nSPS) is 22.4. The van der Waals surface area contributed by atoms with E-state index in [1.54, 1.807) is 12.1 Å². The first-order chi connectivity index (χ1) is 9.76. The van der Waals surface area contributed by atoms with Crippen molar-refractivity contribution in [2.45, 2.75) is 51.5 Å². The topological polar surface area (TPSA) is 59.6 Å². The molecule has 2 unspecified atom stereocenters. The molecule has 0 heterocycles. The lowest BCUT2D eigenvalue weighted by molar-refractivity contribution is 0.444. The SMILES string of the molecule is CCC1CCCC(Nc2ccc(C#N)c(C#N)c2)CC1. The van der Waals surface area contributed by atoms with E-state index >= 15 is 0 Å². The zero-order chi connectivity index (χ0) is 14.4. The number of hydrogen-bond acceptors (Lipinski definition) is 3. The molecule has 1 aliphatic carbocycles. The van der Waals surface area contributed by atoms with Crippen molar-refractivity contribution in [2.24, 2.45) is 5.92 Å². The molecule has 0 amide bonds. The first kappa shape index (κ1) is 14.4. The Kier molecular flexibility index (Phi) is 5.02. The summed E-state index contributed by atoms with van der Waals surface area (Å²) in [4.78, 5) is 0. The highest BCUT2D eigenvalue weighted by Crippen LogP contribution is 2.27. The van der Waals surface area contributed by atoms with E-state index < -0.39 is 0 Å². The zero-order valence-corrected chi connectivity index (χ0v) is 12.0. The largest absolute Gasteiger partial charge is 0.382 e. The van der Waals surface area contributed by atoms with Gasteiger partial charge < -0.3 is 5.32 Å². The third-order valence-corrected chi connectivity index (χ3v) is 4.30. The van der Waals surface area contributed by atoms with Gasteiger partial charge in [-0.1, -0.05) is 26.2 Å². The molecule has 1 fully saturated rings. The van der Waals surface area contributed by atoms with Gasteiger partial charge in [0.15, 0.2) is 0 Å². The van der Waals surface area contributed by atoms with Crippen LogP contribution in [0, 0.1) is 28.6 Å². The van der Waals surface area contributed by atoms with Gasteiger partial charge in [0.25, 0.3) is 0 Å². The average Bonchev–Trinajstić information content (AvgIpc) is 2.72. The summed E-state index contributed by atoms with van der Waals surface area (Å²) in [5.41, 5.74) is 1.86. The van der Waals surface area contributed by atoms with Gasteiger partial charge in [-0.3, -0.25) is 0 Å². The molecule has 2 atom stereocenters. The van der Waals surface area contributed by atoms with Crippen LogP contribution in [0.5, 0.6) is 0 Å². The van der Waals surface area contributed by atoms with Crippen LogP contribution in [0.1, 0.15) is 56.6 Å². The summed E-state index contributed by atoms with van der Waals surface area (Å²) < 4.78 is 0. The minimum absolute atomic E-state index is 0.449. The molecule has 0 radical (unpaired) electrons. The van der Waals surface area contributed by atoms with Crippen LogP contribution in [0.25, 0.3) is 0 Å². The molecule has 0 aromatic heterocycles. The van der Waals surface area contributed by atoms with Crippen molar-refractivity contribution in [3.63, 3.8) is 0 Å². The van der Waals surface area contributed by atoms with Gasteiger partial charge in [0.2, 0.25) is 0 Å². The fourth-order valence-corrected chi connectivity index (χ4v) is 2.99. The van der Waals surface area contributed by atoms with Crippen molar-refractivity contribution in [3.05, 3.63) is 29.3 Å². The molecule has 1 N–H and O–H groups in total. The summed E-state index contributed by atoms with van der Waals surface area (Å²) in [7, 11) is 0. The van der Waals surface area contributed by atoms with Crippen LogP contribution in [0.2, 0.25) is 0 Å². The van der Waals surface area contributed by atoms with Crippen LogP contribution in [0.15, 0.2) is 18.2 Å². The zero-order valence-electron chi connectivity index (χ0n) is 12.0. The highest BCUT2D eigenvalue weighted by Gasteiger charge is 2.17. The van der Waals surface area contributed by atoms with Gasteiger partial charge in [0.05, 0.1) is 11.1 Å². The standard InChI is InChI=1S/C17H21N3/c1-2-13-4-3-5-16(8-6-13)20-17-9-7-14(11-18)15(10-17)12-19/h7,9-10,13,16,20H,2-6,8H2,1H3. The molecular weight excluding hydrogens is 246 g/mol. The number of benzene rings is 1. The Bertz CT molecular complexity index is 536. The van der Waals surface area contributed by atoms with Crippen molar-refractivity contribution in [1.82, 2.24) is 0 Å². The van der Waals surface area contributed by atoms with Gasteiger partial charge in [-0.15, -0.1) is 0 Å². The fourth-order valence-electron chi connectivity index (χ4n) is 2.99. The highest BCUT2D eigenvalue weighted by atomic mass is 14.9. The van der Waals surface area contributed by atoms with Gasteiger partial charge in [-0.05, 0) is 43.4 Å². The van der Waals surface area contributed by atoms with Crippen LogP contribution >= 0.6 is 0 Å². The molecular formula is C17H21N3.